The molecule has 0 radical (unpaired) electrons. The lowest BCUT2D eigenvalue weighted by atomic mass is 9.70. The van der Waals surface area contributed by atoms with Gasteiger partial charge in [-0.2, -0.15) is 4.98 Å². The molecule has 0 aliphatic carbocycles. The van der Waals surface area contributed by atoms with Crippen molar-refractivity contribution in [3.05, 3.63) is 48.0 Å². The summed E-state index contributed by atoms with van der Waals surface area (Å²) in [6.07, 6.45) is 2.79. The molecule has 0 saturated carbocycles. The van der Waals surface area contributed by atoms with Gasteiger partial charge >= 0.3 is 0 Å². The van der Waals surface area contributed by atoms with Gasteiger partial charge in [0, 0.05) is 43.5 Å². The molecule has 0 bridgehead atoms. The summed E-state index contributed by atoms with van der Waals surface area (Å²) in [4.78, 5) is 13.3. The van der Waals surface area contributed by atoms with Gasteiger partial charge in [0.15, 0.2) is 17.5 Å². The second-order valence-corrected chi connectivity index (χ2v) is 8.82. The highest BCUT2D eigenvalue weighted by Gasteiger charge is 2.36. The SMILES string of the molecule is COc1cc2nc(N(C)CCC3(c4ccccc4)CCN(C(=N)N)CC3)nc(N)c2cc1OC. The molecule has 1 aliphatic rings. The van der Waals surface area contributed by atoms with Crippen molar-refractivity contribution < 1.29 is 9.47 Å². The van der Waals surface area contributed by atoms with Gasteiger partial charge in [-0.15, -0.1) is 0 Å². The van der Waals surface area contributed by atoms with Crippen LogP contribution in [0, 0.1) is 5.41 Å². The van der Waals surface area contributed by atoms with Crippen LogP contribution in [0.1, 0.15) is 24.8 Å². The molecule has 0 spiro atoms. The number of ether oxygens (including phenoxy) is 2. The van der Waals surface area contributed by atoms with E-state index in [-0.39, 0.29) is 11.4 Å². The summed E-state index contributed by atoms with van der Waals surface area (Å²) in [5.74, 6) is 2.31. The summed E-state index contributed by atoms with van der Waals surface area (Å²) in [6.45, 7) is 2.30. The quantitative estimate of drug-likeness (QED) is 0.361. The number of piperidine rings is 1. The minimum atomic E-state index is 0.000446. The molecule has 2 aromatic carbocycles. The minimum absolute atomic E-state index is 0.000446. The van der Waals surface area contributed by atoms with E-state index in [0.29, 0.717) is 28.8 Å². The largest absolute Gasteiger partial charge is 0.493 e. The van der Waals surface area contributed by atoms with E-state index in [2.05, 4.69) is 34.1 Å². The smallest absolute Gasteiger partial charge is 0.227 e. The number of hydrogen-bond acceptors (Lipinski definition) is 7. The average molecular weight is 464 g/mol. The Morgan fingerprint density at radius 1 is 1.09 bits per heavy atom. The maximum Gasteiger partial charge on any atom is 0.227 e. The van der Waals surface area contributed by atoms with Gasteiger partial charge in [-0.3, -0.25) is 5.41 Å². The van der Waals surface area contributed by atoms with Crippen molar-refractivity contribution in [3.63, 3.8) is 0 Å². The van der Waals surface area contributed by atoms with Crippen LogP contribution in [0.3, 0.4) is 0 Å². The van der Waals surface area contributed by atoms with E-state index >= 15 is 0 Å². The van der Waals surface area contributed by atoms with Crippen LogP contribution in [0.5, 0.6) is 11.5 Å². The topological polar surface area (TPSA) is 127 Å². The summed E-state index contributed by atoms with van der Waals surface area (Å²) in [6, 6.07) is 14.3. The standard InChI is InChI=1S/C25H33N7O2/c1-31(24-29-19-16-21(34-3)20(33-2)15-18(19)22(26)30-24)12-9-25(17-7-5-4-6-8-17)10-13-32(14-11-25)23(27)28/h4-8,15-16H,9-14H2,1-3H3,(H3,27,28)(H2,26,29,30). The molecule has 1 aliphatic heterocycles. The molecule has 0 atom stereocenters. The first-order valence-electron chi connectivity index (χ1n) is 11.4. The van der Waals surface area contributed by atoms with Gasteiger partial charge in [-0.05, 0) is 30.9 Å². The van der Waals surface area contributed by atoms with Gasteiger partial charge in [0.05, 0.1) is 19.7 Å². The minimum Gasteiger partial charge on any atom is -0.493 e. The van der Waals surface area contributed by atoms with Crippen molar-refractivity contribution in [1.82, 2.24) is 14.9 Å². The first-order valence-corrected chi connectivity index (χ1v) is 11.4. The van der Waals surface area contributed by atoms with Gasteiger partial charge < -0.3 is 30.7 Å². The average Bonchev–Trinajstić information content (AvgIpc) is 2.87. The number of nitrogens with zero attached hydrogens (tertiary/aromatic N) is 4. The molecule has 180 valence electrons. The lowest BCUT2D eigenvalue weighted by Gasteiger charge is -2.43. The molecule has 34 heavy (non-hydrogen) atoms. The van der Waals surface area contributed by atoms with Gasteiger partial charge in [0.2, 0.25) is 5.95 Å². The fourth-order valence-corrected chi connectivity index (χ4v) is 4.77. The number of methoxy groups -OCH3 is 2. The molecule has 4 rings (SSSR count). The molecular formula is C25H33N7O2. The lowest BCUT2D eigenvalue weighted by molar-refractivity contribution is 0.212. The maximum atomic E-state index is 7.80. The Morgan fingerprint density at radius 2 is 1.74 bits per heavy atom. The predicted octanol–water partition coefficient (Wildman–Crippen LogP) is 2.98. The molecule has 3 aromatic rings. The normalized spacial score (nSPS) is 15.2. The summed E-state index contributed by atoms with van der Waals surface area (Å²) in [5.41, 5.74) is 14.1. The Hall–Kier alpha value is -3.75. The third kappa shape index (κ3) is 4.50. The van der Waals surface area contributed by atoms with Crippen LogP contribution in [0.15, 0.2) is 42.5 Å². The zero-order valence-electron chi connectivity index (χ0n) is 20.0. The highest BCUT2D eigenvalue weighted by Crippen LogP contribution is 2.39. The summed E-state index contributed by atoms with van der Waals surface area (Å²) in [7, 11) is 5.18. The fourth-order valence-electron chi connectivity index (χ4n) is 4.77. The number of nitrogens with one attached hydrogen (secondary N) is 1. The summed E-state index contributed by atoms with van der Waals surface area (Å²) < 4.78 is 10.8. The highest BCUT2D eigenvalue weighted by atomic mass is 16.5. The second kappa shape index (κ2) is 9.62. The van der Waals surface area contributed by atoms with Crippen molar-refractivity contribution in [3.8, 4) is 11.5 Å². The number of aromatic nitrogens is 2. The van der Waals surface area contributed by atoms with Crippen LogP contribution in [0.2, 0.25) is 0 Å². The third-order valence-corrected chi connectivity index (χ3v) is 6.93. The zero-order valence-corrected chi connectivity index (χ0v) is 20.0. The number of nitrogens with two attached hydrogens (primary N) is 2. The lowest BCUT2D eigenvalue weighted by Crippen LogP contribution is -2.48. The number of benzene rings is 2. The van der Waals surface area contributed by atoms with Gasteiger partial charge in [0.1, 0.15) is 5.82 Å². The van der Waals surface area contributed by atoms with E-state index < -0.39 is 0 Å². The first-order chi connectivity index (χ1) is 16.4. The van der Waals surface area contributed by atoms with E-state index in [1.807, 2.05) is 24.1 Å². The van der Waals surface area contributed by atoms with Crippen molar-refractivity contribution >= 4 is 28.6 Å². The van der Waals surface area contributed by atoms with Crippen molar-refractivity contribution in [2.45, 2.75) is 24.7 Å². The fraction of sp³-hybridized carbons (Fsp3) is 0.400. The molecule has 5 N–H and O–H groups in total. The van der Waals surface area contributed by atoms with Crippen LogP contribution in [-0.4, -0.2) is 61.7 Å². The van der Waals surface area contributed by atoms with Crippen molar-refractivity contribution in [2.75, 3.05) is 51.5 Å². The second-order valence-electron chi connectivity index (χ2n) is 8.82. The van der Waals surface area contributed by atoms with E-state index in [0.717, 1.165) is 44.3 Å². The summed E-state index contributed by atoms with van der Waals surface area (Å²) in [5, 5.41) is 8.53. The van der Waals surface area contributed by atoms with Crippen LogP contribution < -0.4 is 25.8 Å². The maximum absolute atomic E-state index is 7.80. The molecule has 1 fully saturated rings. The number of hydrogen-bond donors (Lipinski definition) is 3. The van der Waals surface area contributed by atoms with E-state index in [1.165, 1.54) is 5.56 Å². The van der Waals surface area contributed by atoms with Gasteiger partial charge in [-0.1, -0.05) is 30.3 Å². The van der Waals surface area contributed by atoms with E-state index in [1.54, 1.807) is 20.3 Å². The first kappa shape index (κ1) is 23.4. The monoisotopic (exact) mass is 463 g/mol. The van der Waals surface area contributed by atoms with Crippen molar-refractivity contribution in [2.24, 2.45) is 5.73 Å². The van der Waals surface area contributed by atoms with Crippen LogP contribution in [0.4, 0.5) is 11.8 Å². The van der Waals surface area contributed by atoms with Crippen molar-refractivity contribution in [1.29, 1.82) is 5.41 Å². The number of fused-ring (bicyclic) bond motifs is 1. The molecule has 9 heteroatoms. The molecule has 0 amide bonds. The van der Waals surface area contributed by atoms with Crippen LogP contribution in [-0.2, 0) is 5.41 Å². The van der Waals surface area contributed by atoms with Gasteiger partial charge in [0.25, 0.3) is 0 Å². The van der Waals surface area contributed by atoms with Crippen LogP contribution >= 0.6 is 0 Å². The van der Waals surface area contributed by atoms with E-state index in [4.69, 9.17) is 31.3 Å². The molecular weight excluding hydrogens is 430 g/mol. The number of nitrogen functional groups attached to an aromatic ring is 1. The highest BCUT2D eigenvalue weighted by molar-refractivity contribution is 5.91. The van der Waals surface area contributed by atoms with E-state index in [9.17, 15) is 0 Å². The molecule has 9 nitrogen and oxygen atoms in total. The number of rotatable bonds is 7. The Bertz CT molecular complexity index is 1160. The molecule has 0 unspecified atom stereocenters. The molecule has 1 saturated heterocycles. The Labute approximate surface area is 200 Å². The molecule has 1 aromatic heterocycles. The number of anilines is 2. The Morgan fingerprint density at radius 3 is 2.35 bits per heavy atom. The zero-order chi connectivity index (χ0) is 24.3. The summed E-state index contributed by atoms with van der Waals surface area (Å²) >= 11 is 0. The Balaban J connectivity index is 1.58. The predicted molar refractivity (Wildman–Crippen MR) is 136 cm³/mol. The number of likely N-dealkylation sites (tertiary alicyclic amines) is 1. The van der Waals surface area contributed by atoms with Gasteiger partial charge in [-0.25, -0.2) is 4.98 Å². The molecule has 2 heterocycles. The third-order valence-electron chi connectivity index (χ3n) is 6.93. The van der Waals surface area contributed by atoms with Crippen LogP contribution in [0.25, 0.3) is 10.9 Å². The Kier molecular flexibility index (Phi) is 6.63. The number of guanidine groups is 1.